The molecule has 22 heavy (non-hydrogen) atoms. The first-order valence-corrected chi connectivity index (χ1v) is 6.62. The number of aromatic carboxylic acids is 1. The van der Waals surface area contributed by atoms with E-state index in [9.17, 15) is 9.90 Å². The first kappa shape index (κ1) is 12.5. The van der Waals surface area contributed by atoms with Gasteiger partial charge in [0, 0.05) is 31.0 Å². The van der Waals surface area contributed by atoms with Crippen LogP contribution >= 0.6 is 0 Å². The second-order valence-electron chi connectivity index (χ2n) is 4.95. The molecule has 0 amide bonds. The molecule has 0 atom stereocenters. The maximum Gasteiger partial charge on any atom is 0.337 e. The van der Waals surface area contributed by atoms with Crippen molar-refractivity contribution in [3.8, 4) is 5.82 Å². The minimum atomic E-state index is -0.991. The van der Waals surface area contributed by atoms with E-state index in [1.807, 2.05) is 23.9 Å². The van der Waals surface area contributed by atoms with Gasteiger partial charge in [0.2, 0.25) is 0 Å². The Balaban J connectivity index is 2.11. The van der Waals surface area contributed by atoms with Crippen LogP contribution in [0.4, 0.5) is 0 Å². The summed E-state index contributed by atoms with van der Waals surface area (Å²) in [4.78, 5) is 24.3. The highest BCUT2D eigenvalue weighted by molar-refractivity contribution is 6.03. The number of rotatable bonds is 2. The third-order valence-electron chi connectivity index (χ3n) is 3.66. The Bertz CT molecular complexity index is 1030. The van der Waals surface area contributed by atoms with Crippen molar-refractivity contribution < 1.29 is 9.90 Å². The van der Waals surface area contributed by atoms with Crippen molar-refractivity contribution in [3.63, 3.8) is 0 Å². The standard InChI is InChI=1S/C15H11N5O2/c1-19-6-4-10-12(19)17-8-18-14(10)20-7-11(15(21)22)9-3-2-5-16-13(9)20/h2-8H,1H3,(H,21,22). The second-order valence-corrected chi connectivity index (χ2v) is 4.95. The van der Waals surface area contributed by atoms with Crippen LogP contribution < -0.4 is 0 Å². The van der Waals surface area contributed by atoms with Crippen LogP contribution in [0, 0.1) is 0 Å². The van der Waals surface area contributed by atoms with Crippen molar-refractivity contribution in [3.05, 3.63) is 48.7 Å². The number of aryl methyl sites for hydroxylation is 1. The molecular formula is C15H11N5O2. The molecule has 0 aromatic carbocycles. The fraction of sp³-hybridized carbons (Fsp3) is 0.0667. The lowest BCUT2D eigenvalue weighted by atomic mass is 10.2. The molecule has 0 saturated carbocycles. The summed E-state index contributed by atoms with van der Waals surface area (Å²) >= 11 is 0. The van der Waals surface area contributed by atoms with Crippen LogP contribution in [0.15, 0.2) is 43.1 Å². The van der Waals surface area contributed by atoms with E-state index >= 15 is 0 Å². The molecule has 4 rings (SSSR count). The topological polar surface area (TPSA) is 85.8 Å². The highest BCUT2D eigenvalue weighted by Crippen LogP contribution is 2.26. The number of aromatic nitrogens is 5. The van der Waals surface area contributed by atoms with Crippen LogP contribution in [-0.4, -0.2) is 35.2 Å². The van der Waals surface area contributed by atoms with E-state index in [-0.39, 0.29) is 5.56 Å². The molecule has 0 unspecified atom stereocenters. The van der Waals surface area contributed by atoms with Gasteiger partial charge in [0.25, 0.3) is 0 Å². The molecular weight excluding hydrogens is 282 g/mol. The van der Waals surface area contributed by atoms with Crippen LogP contribution in [0.1, 0.15) is 10.4 Å². The van der Waals surface area contributed by atoms with E-state index in [4.69, 9.17) is 0 Å². The molecule has 0 saturated heterocycles. The molecule has 4 aromatic heterocycles. The Morgan fingerprint density at radius 1 is 1.14 bits per heavy atom. The molecule has 0 spiro atoms. The van der Waals surface area contributed by atoms with E-state index in [0.29, 0.717) is 16.9 Å². The number of carbonyl (C=O) groups is 1. The van der Waals surface area contributed by atoms with Crippen molar-refractivity contribution in [2.75, 3.05) is 0 Å². The average molecular weight is 293 g/mol. The van der Waals surface area contributed by atoms with Gasteiger partial charge in [0.05, 0.1) is 10.9 Å². The predicted molar refractivity (Wildman–Crippen MR) is 80.1 cm³/mol. The summed E-state index contributed by atoms with van der Waals surface area (Å²) in [7, 11) is 1.90. The summed E-state index contributed by atoms with van der Waals surface area (Å²) in [6.07, 6.45) is 6.54. The Morgan fingerprint density at radius 3 is 2.82 bits per heavy atom. The number of carboxylic acid groups (broad SMARTS) is 1. The fourth-order valence-electron chi connectivity index (χ4n) is 2.65. The maximum absolute atomic E-state index is 11.4. The molecule has 4 heterocycles. The summed E-state index contributed by atoms with van der Waals surface area (Å²) < 4.78 is 3.58. The molecule has 0 bridgehead atoms. The molecule has 0 fully saturated rings. The zero-order valence-corrected chi connectivity index (χ0v) is 11.6. The normalized spacial score (nSPS) is 11.3. The molecule has 0 radical (unpaired) electrons. The molecule has 1 N–H and O–H groups in total. The monoisotopic (exact) mass is 293 g/mol. The van der Waals surface area contributed by atoms with Crippen LogP contribution in [0.3, 0.4) is 0 Å². The number of pyridine rings is 1. The van der Waals surface area contributed by atoms with Crippen LogP contribution in [0.5, 0.6) is 0 Å². The zero-order valence-electron chi connectivity index (χ0n) is 11.6. The Labute approximate surface area is 124 Å². The molecule has 108 valence electrons. The summed E-state index contributed by atoms with van der Waals surface area (Å²) in [5, 5.41) is 10.8. The molecule has 0 aliphatic rings. The van der Waals surface area contributed by atoms with Gasteiger partial charge in [0.15, 0.2) is 5.82 Å². The van der Waals surface area contributed by atoms with E-state index in [1.165, 1.54) is 6.33 Å². The van der Waals surface area contributed by atoms with Gasteiger partial charge in [-0.25, -0.2) is 19.7 Å². The van der Waals surface area contributed by atoms with Crippen molar-refractivity contribution >= 4 is 28.0 Å². The molecule has 0 aliphatic carbocycles. The van der Waals surface area contributed by atoms with Gasteiger partial charge >= 0.3 is 5.97 Å². The van der Waals surface area contributed by atoms with Crippen molar-refractivity contribution in [1.29, 1.82) is 0 Å². The van der Waals surface area contributed by atoms with Gasteiger partial charge in [-0.15, -0.1) is 0 Å². The largest absolute Gasteiger partial charge is 0.478 e. The van der Waals surface area contributed by atoms with Crippen molar-refractivity contribution in [1.82, 2.24) is 24.1 Å². The lowest BCUT2D eigenvalue weighted by Crippen LogP contribution is -2.00. The van der Waals surface area contributed by atoms with E-state index in [0.717, 1.165) is 11.0 Å². The highest BCUT2D eigenvalue weighted by Gasteiger charge is 2.18. The third-order valence-corrected chi connectivity index (χ3v) is 3.66. The van der Waals surface area contributed by atoms with Gasteiger partial charge in [-0.2, -0.15) is 0 Å². The first-order chi connectivity index (χ1) is 10.7. The van der Waals surface area contributed by atoms with E-state index < -0.39 is 5.97 Å². The minimum absolute atomic E-state index is 0.200. The third kappa shape index (κ3) is 1.62. The number of fused-ring (bicyclic) bond motifs is 2. The maximum atomic E-state index is 11.4. The molecule has 7 heteroatoms. The van der Waals surface area contributed by atoms with Gasteiger partial charge in [-0.05, 0) is 18.2 Å². The Morgan fingerprint density at radius 2 is 2.00 bits per heavy atom. The summed E-state index contributed by atoms with van der Waals surface area (Å²) in [5.41, 5.74) is 1.54. The second kappa shape index (κ2) is 4.39. The SMILES string of the molecule is Cn1ccc2c(-n3cc(C(=O)O)c4cccnc43)ncnc21. The first-order valence-electron chi connectivity index (χ1n) is 6.62. The summed E-state index contributed by atoms with van der Waals surface area (Å²) in [6.45, 7) is 0. The number of hydrogen-bond donors (Lipinski definition) is 1. The van der Waals surface area contributed by atoms with E-state index in [2.05, 4.69) is 15.0 Å². The fourth-order valence-corrected chi connectivity index (χ4v) is 2.65. The summed E-state index contributed by atoms with van der Waals surface area (Å²) in [5.74, 6) is -0.378. The number of nitrogens with zero attached hydrogens (tertiary/aromatic N) is 5. The van der Waals surface area contributed by atoms with Crippen molar-refractivity contribution in [2.45, 2.75) is 0 Å². The van der Waals surface area contributed by atoms with Crippen molar-refractivity contribution in [2.24, 2.45) is 7.05 Å². The lowest BCUT2D eigenvalue weighted by molar-refractivity contribution is 0.0699. The Kier molecular flexibility index (Phi) is 2.50. The smallest absolute Gasteiger partial charge is 0.337 e. The van der Waals surface area contributed by atoms with Crippen LogP contribution in [0.2, 0.25) is 0 Å². The number of carboxylic acids is 1. The lowest BCUT2D eigenvalue weighted by Gasteiger charge is -2.05. The highest BCUT2D eigenvalue weighted by atomic mass is 16.4. The Hall–Kier alpha value is -3.22. The number of hydrogen-bond acceptors (Lipinski definition) is 4. The van der Waals surface area contributed by atoms with Gasteiger partial charge in [-0.1, -0.05) is 0 Å². The molecule has 7 nitrogen and oxygen atoms in total. The van der Waals surface area contributed by atoms with Gasteiger partial charge in [-0.3, -0.25) is 4.57 Å². The molecule has 4 aromatic rings. The minimum Gasteiger partial charge on any atom is -0.478 e. The summed E-state index contributed by atoms with van der Waals surface area (Å²) in [6, 6.07) is 5.36. The van der Waals surface area contributed by atoms with Crippen LogP contribution in [-0.2, 0) is 7.05 Å². The quantitative estimate of drug-likeness (QED) is 0.611. The van der Waals surface area contributed by atoms with Gasteiger partial charge in [0.1, 0.15) is 17.6 Å². The van der Waals surface area contributed by atoms with E-state index in [1.54, 1.807) is 29.1 Å². The zero-order chi connectivity index (χ0) is 15.3. The molecule has 0 aliphatic heterocycles. The van der Waals surface area contributed by atoms with Crippen LogP contribution in [0.25, 0.3) is 27.9 Å². The average Bonchev–Trinajstić information content (AvgIpc) is 3.09. The predicted octanol–water partition coefficient (Wildman–Crippen LogP) is 2.01. The van der Waals surface area contributed by atoms with Gasteiger partial charge < -0.3 is 9.67 Å².